The summed E-state index contributed by atoms with van der Waals surface area (Å²) in [6.07, 6.45) is 2.04. The number of hydrogen-bond donors (Lipinski definition) is 0. The first kappa shape index (κ1) is 22.6. The van der Waals surface area contributed by atoms with Crippen molar-refractivity contribution in [3.63, 3.8) is 0 Å². The highest BCUT2D eigenvalue weighted by atomic mass is 16.5. The van der Waals surface area contributed by atoms with Crippen molar-refractivity contribution >= 4 is 0 Å². The molecule has 0 heterocycles. The molecule has 0 aromatic heterocycles. The molecule has 0 spiro atoms. The van der Waals surface area contributed by atoms with Crippen LogP contribution in [0.3, 0.4) is 0 Å². The summed E-state index contributed by atoms with van der Waals surface area (Å²) >= 11 is 0. The molecule has 0 saturated carbocycles. The number of ether oxygens (including phenoxy) is 3. The molecule has 0 N–H and O–H groups in total. The van der Waals surface area contributed by atoms with E-state index in [0.717, 1.165) is 47.0 Å². The molecule has 0 fully saturated rings. The third-order valence-electron chi connectivity index (χ3n) is 5.47. The first-order chi connectivity index (χ1) is 16.2. The van der Waals surface area contributed by atoms with Gasteiger partial charge in [0.2, 0.25) is 0 Å². The van der Waals surface area contributed by atoms with Gasteiger partial charge in [-0.25, -0.2) is 0 Å². The molecule has 4 rings (SSSR count). The van der Waals surface area contributed by atoms with E-state index in [1.165, 1.54) is 11.1 Å². The average Bonchev–Trinajstić information content (AvgIpc) is 2.86. The van der Waals surface area contributed by atoms with Gasteiger partial charge in [0.1, 0.15) is 23.0 Å². The maximum absolute atomic E-state index is 6.00. The highest BCUT2D eigenvalue weighted by molar-refractivity contribution is 5.36. The van der Waals surface area contributed by atoms with E-state index in [1.54, 1.807) is 0 Å². The molecule has 4 aromatic carbocycles. The van der Waals surface area contributed by atoms with E-state index >= 15 is 0 Å². The van der Waals surface area contributed by atoms with Crippen LogP contribution < -0.4 is 9.47 Å². The Labute approximate surface area is 196 Å². The minimum absolute atomic E-state index is 0.509. The standard InChI is InChI=1S/C30H30O3/c1-3-23-11-15-27(16-12-23)32-29-9-5-7-25(19-29)21-31-22-26-8-6-10-30(20-26)33-28-17-13-24(4-2)14-18-28/h5-20H,3-4,21-22H2,1-2H3. The molecule has 0 saturated heterocycles. The fraction of sp³-hybridized carbons (Fsp3) is 0.200. The minimum atomic E-state index is 0.509. The lowest BCUT2D eigenvalue weighted by molar-refractivity contribution is 0.107. The molecular formula is C30H30O3. The predicted octanol–water partition coefficient (Wildman–Crippen LogP) is 8.11. The summed E-state index contributed by atoms with van der Waals surface area (Å²) in [5.74, 6) is 3.30. The largest absolute Gasteiger partial charge is 0.457 e. The molecule has 168 valence electrons. The summed E-state index contributed by atoms with van der Waals surface area (Å²) in [5, 5.41) is 0. The third-order valence-corrected chi connectivity index (χ3v) is 5.47. The van der Waals surface area contributed by atoms with Crippen LogP contribution in [-0.4, -0.2) is 0 Å². The molecule has 3 heteroatoms. The molecule has 0 bridgehead atoms. The second-order valence-corrected chi connectivity index (χ2v) is 7.99. The zero-order valence-electron chi connectivity index (χ0n) is 19.3. The van der Waals surface area contributed by atoms with Gasteiger partial charge >= 0.3 is 0 Å². The number of rotatable bonds is 10. The Morgan fingerprint density at radius 2 is 0.879 bits per heavy atom. The summed E-state index contributed by atoms with van der Waals surface area (Å²) in [7, 11) is 0. The van der Waals surface area contributed by atoms with E-state index in [-0.39, 0.29) is 0 Å². The quantitative estimate of drug-likeness (QED) is 0.250. The molecule has 33 heavy (non-hydrogen) atoms. The number of benzene rings is 4. The van der Waals surface area contributed by atoms with Gasteiger partial charge in [-0.15, -0.1) is 0 Å². The van der Waals surface area contributed by atoms with Crippen molar-refractivity contribution in [3.8, 4) is 23.0 Å². The highest BCUT2D eigenvalue weighted by Gasteiger charge is 2.03. The zero-order chi connectivity index (χ0) is 22.9. The first-order valence-corrected chi connectivity index (χ1v) is 11.5. The molecular weight excluding hydrogens is 408 g/mol. The fourth-order valence-electron chi connectivity index (χ4n) is 3.54. The van der Waals surface area contributed by atoms with Gasteiger partial charge in [0.15, 0.2) is 0 Å². The first-order valence-electron chi connectivity index (χ1n) is 11.5. The Kier molecular flexibility index (Phi) is 7.78. The molecule has 4 aromatic rings. The van der Waals surface area contributed by atoms with Crippen LogP contribution in [0.4, 0.5) is 0 Å². The monoisotopic (exact) mass is 438 g/mol. The van der Waals surface area contributed by atoms with Crippen LogP contribution in [-0.2, 0) is 30.8 Å². The molecule has 0 amide bonds. The van der Waals surface area contributed by atoms with Crippen LogP contribution in [0.25, 0.3) is 0 Å². The Morgan fingerprint density at radius 3 is 1.27 bits per heavy atom. The van der Waals surface area contributed by atoms with E-state index in [4.69, 9.17) is 14.2 Å². The molecule has 0 radical (unpaired) electrons. The van der Waals surface area contributed by atoms with Gasteiger partial charge in [0.05, 0.1) is 13.2 Å². The summed E-state index contributed by atoms with van der Waals surface area (Å²) in [6, 6.07) is 32.5. The lowest BCUT2D eigenvalue weighted by atomic mass is 10.2. The minimum Gasteiger partial charge on any atom is -0.457 e. The van der Waals surface area contributed by atoms with Gasteiger partial charge < -0.3 is 14.2 Å². The summed E-state index contributed by atoms with van der Waals surface area (Å²) in [4.78, 5) is 0. The van der Waals surface area contributed by atoms with Gasteiger partial charge in [-0.3, -0.25) is 0 Å². The maximum atomic E-state index is 6.00. The van der Waals surface area contributed by atoms with Gasteiger partial charge in [0, 0.05) is 0 Å². The van der Waals surface area contributed by atoms with Crippen LogP contribution in [0.2, 0.25) is 0 Å². The van der Waals surface area contributed by atoms with Crippen molar-refractivity contribution in [3.05, 3.63) is 119 Å². The lowest BCUT2D eigenvalue weighted by Crippen LogP contribution is -1.95. The topological polar surface area (TPSA) is 27.7 Å². The normalized spacial score (nSPS) is 10.7. The average molecular weight is 439 g/mol. The van der Waals surface area contributed by atoms with Crippen LogP contribution in [0.15, 0.2) is 97.1 Å². The van der Waals surface area contributed by atoms with Gasteiger partial charge in [0.25, 0.3) is 0 Å². The van der Waals surface area contributed by atoms with Crippen LogP contribution in [0, 0.1) is 0 Å². The lowest BCUT2D eigenvalue weighted by Gasteiger charge is -2.10. The Morgan fingerprint density at radius 1 is 0.455 bits per heavy atom. The zero-order valence-corrected chi connectivity index (χ0v) is 19.3. The Bertz CT molecular complexity index is 1050. The van der Waals surface area contributed by atoms with Gasteiger partial charge in [-0.2, -0.15) is 0 Å². The molecule has 3 nitrogen and oxygen atoms in total. The molecule has 0 aliphatic carbocycles. The summed E-state index contributed by atoms with van der Waals surface area (Å²) < 4.78 is 18.0. The van der Waals surface area contributed by atoms with E-state index in [0.29, 0.717) is 13.2 Å². The second-order valence-electron chi connectivity index (χ2n) is 7.99. The second kappa shape index (κ2) is 11.3. The molecule has 0 aliphatic rings. The SMILES string of the molecule is CCc1ccc(Oc2cccc(COCc3cccc(Oc4ccc(CC)cc4)c3)c2)cc1. The number of aryl methyl sites for hydroxylation is 2. The van der Waals surface area contributed by atoms with Crippen molar-refractivity contribution in [1.29, 1.82) is 0 Å². The van der Waals surface area contributed by atoms with Crippen molar-refractivity contribution in [1.82, 2.24) is 0 Å². The van der Waals surface area contributed by atoms with Crippen LogP contribution in [0.1, 0.15) is 36.1 Å². The van der Waals surface area contributed by atoms with Crippen molar-refractivity contribution in [2.45, 2.75) is 39.9 Å². The summed E-state index contributed by atoms with van der Waals surface area (Å²) in [5.41, 5.74) is 4.74. The van der Waals surface area contributed by atoms with Crippen LogP contribution in [0.5, 0.6) is 23.0 Å². The Balaban J connectivity index is 1.30. The number of hydrogen-bond acceptors (Lipinski definition) is 3. The predicted molar refractivity (Wildman–Crippen MR) is 133 cm³/mol. The van der Waals surface area contributed by atoms with Gasteiger partial charge in [-0.1, -0.05) is 62.4 Å². The third kappa shape index (κ3) is 6.71. The van der Waals surface area contributed by atoms with Crippen molar-refractivity contribution in [2.24, 2.45) is 0 Å². The smallest absolute Gasteiger partial charge is 0.127 e. The van der Waals surface area contributed by atoms with E-state index in [2.05, 4.69) is 38.1 Å². The molecule has 0 atom stereocenters. The molecule has 0 unspecified atom stereocenters. The Hall–Kier alpha value is -3.56. The maximum Gasteiger partial charge on any atom is 0.127 e. The van der Waals surface area contributed by atoms with E-state index < -0.39 is 0 Å². The van der Waals surface area contributed by atoms with E-state index in [9.17, 15) is 0 Å². The van der Waals surface area contributed by atoms with Gasteiger partial charge in [-0.05, 0) is 83.6 Å². The fourth-order valence-corrected chi connectivity index (χ4v) is 3.54. The summed E-state index contributed by atoms with van der Waals surface area (Å²) in [6.45, 7) is 5.31. The molecule has 0 aliphatic heterocycles. The van der Waals surface area contributed by atoms with E-state index in [1.807, 2.05) is 72.8 Å². The van der Waals surface area contributed by atoms with Crippen molar-refractivity contribution < 1.29 is 14.2 Å². The van der Waals surface area contributed by atoms with Crippen LogP contribution >= 0.6 is 0 Å². The van der Waals surface area contributed by atoms with Crippen molar-refractivity contribution in [2.75, 3.05) is 0 Å². The highest BCUT2D eigenvalue weighted by Crippen LogP contribution is 2.25.